The van der Waals surface area contributed by atoms with Gasteiger partial charge in [0.05, 0.1) is 18.2 Å². The molecule has 108 valence electrons. The average Bonchev–Trinajstić information content (AvgIpc) is 2.49. The summed E-state index contributed by atoms with van der Waals surface area (Å²) < 4.78 is 10.0. The number of rotatable bonds is 4. The van der Waals surface area contributed by atoms with Crippen molar-refractivity contribution in [1.82, 2.24) is 4.98 Å². The van der Waals surface area contributed by atoms with Gasteiger partial charge in [0.2, 0.25) is 0 Å². The predicted octanol–water partition coefficient (Wildman–Crippen LogP) is 3.22. The van der Waals surface area contributed by atoms with E-state index in [0.717, 1.165) is 0 Å². The number of methoxy groups -OCH3 is 1. The Morgan fingerprint density at radius 1 is 1.29 bits per heavy atom. The monoisotopic (exact) mass is 308 g/mol. The molecule has 0 radical (unpaired) electrons. The third-order valence-electron chi connectivity index (χ3n) is 2.50. The van der Waals surface area contributed by atoms with Crippen molar-refractivity contribution in [2.24, 2.45) is 0 Å². The summed E-state index contributed by atoms with van der Waals surface area (Å²) in [6, 6.07) is 6.86. The quantitative estimate of drug-likeness (QED) is 0.373. The number of pyridine rings is 1. The summed E-state index contributed by atoms with van der Waals surface area (Å²) in [5, 5.41) is 10.5. The van der Waals surface area contributed by atoms with Crippen LogP contribution < -0.4 is 4.74 Å². The number of ether oxygens (including phenoxy) is 2. The van der Waals surface area contributed by atoms with Crippen LogP contribution in [0.3, 0.4) is 0 Å². The lowest BCUT2D eigenvalue weighted by atomic mass is 10.2. The number of hydrogen-bond acceptors (Lipinski definition) is 6. The summed E-state index contributed by atoms with van der Waals surface area (Å²) in [5.41, 5.74) is 0.0189. The van der Waals surface area contributed by atoms with E-state index < -0.39 is 10.9 Å². The first-order valence-electron chi connectivity index (χ1n) is 5.67. The first-order valence-corrected chi connectivity index (χ1v) is 6.05. The van der Waals surface area contributed by atoms with Gasteiger partial charge >= 0.3 is 5.97 Å². The van der Waals surface area contributed by atoms with Crippen LogP contribution in [0.15, 0.2) is 36.5 Å². The summed E-state index contributed by atoms with van der Waals surface area (Å²) >= 11 is 5.79. The molecule has 1 aromatic heterocycles. The van der Waals surface area contributed by atoms with E-state index >= 15 is 0 Å². The number of nitro groups is 1. The molecule has 21 heavy (non-hydrogen) atoms. The minimum atomic E-state index is -0.637. The molecule has 0 fully saturated rings. The van der Waals surface area contributed by atoms with Crippen LogP contribution in [0.25, 0.3) is 0 Å². The van der Waals surface area contributed by atoms with E-state index in [1.54, 1.807) is 0 Å². The maximum Gasteiger partial charge on any atom is 0.341 e. The molecule has 8 heteroatoms. The summed E-state index contributed by atoms with van der Waals surface area (Å²) in [7, 11) is 1.22. The maximum atomic E-state index is 11.5. The molecular formula is C13H9ClN2O5. The van der Waals surface area contributed by atoms with Gasteiger partial charge in [0, 0.05) is 18.2 Å². The van der Waals surface area contributed by atoms with E-state index in [-0.39, 0.29) is 22.2 Å². The van der Waals surface area contributed by atoms with E-state index in [2.05, 4.69) is 9.72 Å². The van der Waals surface area contributed by atoms with Crippen molar-refractivity contribution in [2.45, 2.75) is 0 Å². The standard InChI is InChI=1S/C13H9ClN2O5/c1-20-13(17)11-6-10(7-15-12(11)14)21-9-4-2-8(3-5-9)16(18)19/h2-7H,1H3. The minimum absolute atomic E-state index is 0.00194. The second kappa shape index (κ2) is 6.19. The highest BCUT2D eigenvalue weighted by Crippen LogP contribution is 2.26. The molecule has 2 rings (SSSR count). The van der Waals surface area contributed by atoms with Crippen LogP contribution in [0.1, 0.15) is 10.4 Å². The van der Waals surface area contributed by atoms with Crippen LogP contribution in [0.2, 0.25) is 5.15 Å². The fourth-order valence-corrected chi connectivity index (χ4v) is 1.69. The Balaban J connectivity index is 2.23. The molecule has 0 saturated heterocycles. The molecule has 0 N–H and O–H groups in total. The van der Waals surface area contributed by atoms with Crippen LogP contribution in [-0.4, -0.2) is 23.0 Å². The van der Waals surface area contributed by atoms with Gasteiger partial charge in [0.25, 0.3) is 5.69 Å². The van der Waals surface area contributed by atoms with Gasteiger partial charge in [0.1, 0.15) is 22.2 Å². The van der Waals surface area contributed by atoms with Crippen molar-refractivity contribution in [3.8, 4) is 11.5 Å². The lowest BCUT2D eigenvalue weighted by Crippen LogP contribution is -2.03. The molecule has 0 spiro atoms. The van der Waals surface area contributed by atoms with Gasteiger partial charge in [-0.15, -0.1) is 0 Å². The number of esters is 1. The second-order valence-electron chi connectivity index (χ2n) is 3.85. The highest BCUT2D eigenvalue weighted by molar-refractivity contribution is 6.32. The van der Waals surface area contributed by atoms with Crippen LogP contribution in [0.5, 0.6) is 11.5 Å². The molecule has 1 heterocycles. The van der Waals surface area contributed by atoms with E-state index in [1.807, 2.05) is 0 Å². The lowest BCUT2D eigenvalue weighted by Gasteiger charge is -2.07. The molecule has 0 atom stereocenters. The van der Waals surface area contributed by atoms with Crippen LogP contribution in [0, 0.1) is 10.1 Å². The number of carbonyl (C=O) groups is 1. The third-order valence-corrected chi connectivity index (χ3v) is 2.80. The molecular weight excluding hydrogens is 300 g/mol. The molecule has 7 nitrogen and oxygen atoms in total. The molecule has 0 aliphatic carbocycles. The number of halogens is 1. The second-order valence-corrected chi connectivity index (χ2v) is 4.21. The van der Waals surface area contributed by atoms with Crippen LogP contribution in [-0.2, 0) is 4.74 Å². The summed E-state index contributed by atoms with van der Waals surface area (Å²) in [6.45, 7) is 0. The maximum absolute atomic E-state index is 11.5. The number of aromatic nitrogens is 1. The fraction of sp³-hybridized carbons (Fsp3) is 0.0769. The SMILES string of the molecule is COC(=O)c1cc(Oc2ccc([N+](=O)[O-])cc2)cnc1Cl. The van der Waals surface area contributed by atoms with Crippen molar-refractivity contribution in [2.75, 3.05) is 7.11 Å². The molecule has 0 saturated carbocycles. The number of hydrogen-bond donors (Lipinski definition) is 0. The van der Waals surface area contributed by atoms with E-state index in [4.69, 9.17) is 16.3 Å². The van der Waals surface area contributed by atoms with Gasteiger partial charge in [-0.2, -0.15) is 0 Å². The first-order chi connectivity index (χ1) is 10.0. The topological polar surface area (TPSA) is 91.6 Å². The van der Waals surface area contributed by atoms with Crippen molar-refractivity contribution < 1.29 is 19.2 Å². The zero-order valence-corrected chi connectivity index (χ0v) is 11.5. The Morgan fingerprint density at radius 3 is 2.52 bits per heavy atom. The van der Waals surface area contributed by atoms with E-state index in [9.17, 15) is 14.9 Å². The van der Waals surface area contributed by atoms with Crippen molar-refractivity contribution >= 4 is 23.3 Å². The predicted molar refractivity (Wildman–Crippen MR) is 73.8 cm³/mol. The number of benzene rings is 1. The van der Waals surface area contributed by atoms with Gasteiger partial charge in [-0.1, -0.05) is 11.6 Å². The highest BCUT2D eigenvalue weighted by Gasteiger charge is 2.14. The Hall–Kier alpha value is -2.67. The molecule has 0 amide bonds. The zero-order chi connectivity index (χ0) is 15.4. The normalized spacial score (nSPS) is 10.0. The Morgan fingerprint density at radius 2 is 1.95 bits per heavy atom. The van der Waals surface area contributed by atoms with Gasteiger partial charge in [-0.25, -0.2) is 9.78 Å². The number of carbonyl (C=O) groups excluding carboxylic acids is 1. The zero-order valence-electron chi connectivity index (χ0n) is 10.8. The number of nitro benzene ring substituents is 1. The molecule has 0 aliphatic rings. The Bertz CT molecular complexity index is 687. The average molecular weight is 309 g/mol. The molecule has 0 unspecified atom stereocenters. The largest absolute Gasteiger partial charge is 0.465 e. The molecule has 1 aromatic carbocycles. The van der Waals surface area contributed by atoms with Gasteiger partial charge < -0.3 is 9.47 Å². The fourth-order valence-electron chi connectivity index (χ4n) is 1.51. The minimum Gasteiger partial charge on any atom is -0.465 e. The van der Waals surface area contributed by atoms with Crippen LogP contribution >= 0.6 is 11.6 Å². The molecule has 0 bridgehead atoms. The smallest absolute Gasteiger partial charge is 0.341 e. The summed E-state index contributed by atoms with van der Waals surface area (Å²) in [4.78, 5) is 25.3. The number of non-ortho nitro benzene ring substituents is 1. The molecule has 2 aromatic rings. The number of nitrogens with zero attached hydrogens (tertiary/aromatic N) is 2. The summed E-state index contributed by atoms with van der Waals surface area (Å²) in [5.74, 6) is -0.0177. The van der Waals surface area contributed by atoms with E-state index in [0.29, 0.717) is 5.75 Å². The van der Waals surface area contributed by atoms with Gasteiger partial charge in [-0.3, -0.25) is 10.1 Å². The summed E-state index contributed by atoms with van der Waals surface area (Å²) in [6.07, 6.45) is 1.33. The van der Waals surface area contributed by atoms with Gasteiger partial charge in [0.15, 0.2) is 0 Å². The van der Waals surface area contributed by atoms with Crippen LogP contribution in [0.4, 0.5) is 5.69 Å². The van der Waals surface area contributed by atoms with Crippen molar-refractivity contribution in [3.05, 3.63) is 57.4 Å². The molecule has 0 aliphatic heterocycles. The van der Waals surface area contributed by atoms with Crippen molar-refractivity contribution in [3.63, 3.8) is 0 Å². The van der Waals surface area contributed by atoms with Gasteiger partial charge in [-0.05, 0) is 12.1 Å². The van der Waals surface area contributed by atoms with Crippen molar-refractivity contribution in [1.29, 1.82) is 0 Å². The Labute approximate surface area is 124 Å². The third kappa shape index (κ3) is 3.46. The first kappa shape index (κ1) is 14.7. The van der Waals surface area contributed by atoms with E-state index in [1.165, 1.54) is 43.6 Å². The lowest BCUT2D eigenvalue weighted by molar-refractivity contribution is -0.384. The Kier molecular flexibility index (Phi) is 4.34. The highest BCUT2D eigenvalue weighted by atomic mass is 35.5.